The number of fused-ring (bicyclic) bond motifs is 3. The second-order valence-electron chi connectivity index (χ2n) is 4.90. The second kappa shape index (κ2) is 4.24. The van der Waals surface area contributed by atoms with E-state index in [0.717, 1.165) is 29.8 Å². The lowest BCUT2D eigenvalue weighted by Crippen LogP contribution is -2.61. The zero-order chi connectivity index (χ0) is 12.9. The van der Waals surface area contributed by atoms with Crippen LogP contribution in [0.3, 0.4) is 0 Å². The molecule has 2 heterocycles. The Labute approximate surface area is 115 Å². The number of nitrogens with one attached hydrogen (secondary N) is 1. The highest BCUT2D eigenvalue weighted by Gasteiger charge is 2.38. The normalized spacial score (nSPS) is 22.8. The lowest BCUT2D eigenvalue weighted by Gasteiger charge is -2.45. The smallest absolute Gasteiger partial charge is 0.250 e. The number of likely N-dealkylation sites (N-methyl/N-ethyl adjacent to an activating group) is 1. The molecule has 2 aliphatic rings. The number of carbonyl (C=O) groups is 1. The molecule has 1 fully saturated rings. The van der Waals surface area contributed by atoms with Gasteiger partial charge in [-0.05, 0) is 24.6 Å². The van der Waals surface area contributed by atoms with Gasteiger partial charge in [0.05, 0.1) is 11.4 Å². The predicted octanol–water partition coefficient (Wildman–Crippen LogP) is 1.51. The third-order valence-electron chi connectivity index (χ3n) is 3.75. The SMILES string of the molecule is Cc1cc(Br)cc2c1N1CCNCC1C(=O)N2C. The molecule has 0 aliphatic carbocycles. The van der Waals surface area contributed by atoms with Crippen LogP contribution >= 0.6 is 15.9 Å². The monoisotopic (exact) mass is 309 g/mol. The molecule has 2 aliphatic heterocycles. The summed E-state index contributed by atoms with van der Waals surface area (Å²) in [5, 5.41) is 3.30. The van der Waals surface area contributed by atoms with Crippen molar-refractivity contribution in [3.63, 3.8) is 0 Å². The van der Waals surface area contributed by atoms with E-state index in [4.69, 9.17) is 0 Å². The van der Waals surface area contributed by atoms with Crippen LogP contribution in [0.15, 0.2) is 16.6 Å². The van der Waals surface area contributed by atoms with Gasteiger partial charge in [-0.25, -0.2) is 0 Å². The predicted molar refractivity (Wildman–Crippen MR) is 76.3 cm³/mol. The van der Waals surface area contributed by atoms with Crippen molar-refractivity contribution in [1.29, 1.82) is 0 Å². The molecule has 1 atom stereocenters. The quantitative estimate of drug-likeness (QED) is 0.789. The van der Waals surface area contributed by atoms with Crippen molar-refractivity contribution in [3.8, 4) is 0 Å². The highest BCUT2D eigenvalue weighted by atomic mass is 79.9. The van der Waals surface area contributed by atoms with E-state index in [-0.39, 0.29) is 11.9 Å². The van der Waals surface area contributed by atoms with E-state index in [1.807, 2.05) is 13.1 Å². The van der Waals surface area contributed by atoms with E-state index in [1.165, 1.54) is 11.3 Å². The molecule has 18 heavy (non-hydrogen) atoms. The lowest BCUT2D eigenvalue weighted by molar-refractivity contribution is -0.120. The summed E-state index contributed by atoms with van der Waals surface area (Å²) in [6.45, 7) is 4.66. The van der Waals surface area contributed by atoms with Crippen LogP contribution in [0, 0.1) is 6.92 Å². The van der Waals surface area contributed by atoms with Crippen LogP contribution in [0.2, 0.25) is 0 Å². The van der Waals surface area contributed by atoms with Gasteiger partial charge in [-0.15, -0.1) is 0 Å². The average molecular weight is 310 g/mol. The van der Waals surface area contributed by atoms with Crippen LogP contribution in [-0.2, 0) is 4.79 Å². The Morgan fingerprint density at radius 2 is 2.22 bits per heavy atom. The molecular weight excluding hydrogens is 294 g/mol. The van der Waals surface area contributed by atoms with Crippen molar-refractivity contribution >= 4 is 33.2 Å². The van der Waals surface area contributed by atoms with Gasteiger partial charge in [0.2, 0.25) is 0 Å². The fraction of sp³-hybridized carbons (Fsp3) is 0.462. The summed E-state index contributed by atoms with van der Waals surface area (Å²) in [5.41, 5.74) is 3.42. The van der Waals surface area contributed by atoms with Crippen LogP contribution in [0.1, 0.15) is 5.56 Å². The fourth-order valence-electron chi connectivity index (χ4n) is 2.88. The number of rotatable bonds is 0. The van der Waals surface area contributed by atoms with Gasteiger partial charge in [0.15, 0.2) is 0 Å². The van der Waals surface area contributed by atoms with Crippen LogP contribution < -0.4 is 15.1 Å². The minimum absolute atomic E-state index is 0.0591. The molecule has 0 saturated carbocycles. The van der Waals surface area contributed by atoms with E-state index in [2.05, 4.69) is 39.1 Å². The number of carbonyl (C=O) groups excluding carboxylic acids is 1. The molecule has 4 nitrogen and oxygen atoms in total. The van der Waals surface area contributed by atoms with Crippen molar-refractivity contribution in [2.75, 3.05) is 36.5 Å². The molecule has 1 N–H and O–H groups in total. The summed E-state index contributed by atoms with van der Waals surface area (Å²) in [7, 11) is 1.86. The van der Waals surface area contributed by atoms with Crippen molar-refractivity contribution in [3.05, 3.63) is 22.2 Å². The van der Waals surface area contributed by atoms with E-state index >= 15 is 0 Å². The Hall–Kier alpha value is -1.07. The van der Waals surface area contributed by atoms with Gasteiger partial charge in [0.25, 0.3) is 5.91 Å². The minimum atomic E-state index is -0.0591. The first kappa shape index (κ1) is 12.0. The molecule has 96 valence electrons. The number of aryl methyl sites for hydroxylation is 1. The number of piperazine rings is 1. The van der Waals surface area contributed by atoms with E-state index in [0.29, 0.717) is 0 Å². The number of hydrogen-bond acceptors (Lipinski definition) is 3. The first-order chi connectivity index (χ1) is 8.59. The Balaban J connectivity index is 2.18. The molecular formula is C13H16BrN3O. The number of nitrogens with zero attached hydrogens (tertiary/aromatic N) is 2. The molecule has 0 bridgehead atoms. The summed E-state index contributed by atoms with van der Waals surface area (Å²) < 4.78 is 1.02. The van der Waals surface area contributed by atoms with E-state index < -0.39 is 0 Å². The van der Waals surface area contributed by atoms with Crippen LogP contribution in [0.4, 0.5) is 11.4 Å². The molecule has 0 aromatic heterocycles. The van der Waals surface area contributed by atoms with Crippen molar-refractivity contribution in [1.82, 2.24) is 5.32 Å². The highest BCUT2D eigenvalue weighted by Crippen LogP contribution is 2.40. The first-order valence-electron chi connectivity index (χ1n) is 6.14. The molecule has 5 heteroatoms. The zero-order valence-electron chi connectivity index (χ0n) is 10.5. The summed E-state index contributed by atoms with van der Waals surface area (Å²) in [6, 6.07) is 4.08. The summed E-state index contributed by atoms with van der Waals surface area (Å²) >= 11 is 3.51. The fourth-order valence-corrected chi connectivity index (χ4v) is 3.44. The molecule has 1 unspecified atom stereocenters. The molecule has 1 amide bonds. The maximum atomic E-state index is 12.4. The highest BCUT2D eigenvalue weighted by molar-refractivity contribution is 9.10. The van der Waals surface area contributed by atoms with Gasteiger partial charge in [0.1, 0.15) is 6.04 Å². The summed E-state index contributed by atoms with van der Waals surface area (Å²) in [5.74, 6) is 0.173. The van der Waals surface area contributed by atoms with Gasteiger partial charge in [-0.3, -0.25) is 4.79 Å². The minimum Gasteiger partial charge on any atom is -0.355 e. The number of benzene rings is 1. The topological polar surface area (TPSA) is 35.6 Å². The van der Waals surface area contributed by atoms with Crippen LogP contribution in [0.5, 0.6) is 0 Å². The number of hydrogen-bond donors (Lipinski definition) is 1. The Morgan fingerprint density at radius 3 is 3.00 bits per heavy atom. The maximum Gasteiger partial charge on any atom is 0.250 e. The molecule has 1 aromatic rings. The summed E-state index contributed by atoms with van der Waals surface area (Å²) in [6.07, 6.45) is 0. The maximum absolute atomic E-state index is 12.4. The van der Waals surface area contributed by atoms with Crippen molar-refractivity contribution in [2.45, 2.75) is 13.0 Å². The number of amides is 1. The third-order valence-corrected chi connectivity index (χ3v) is 4.21. The summed E-state index contributed by atoms with van der Waals surface area (Å²) in [4.78, 5) is 16.4. The largest absolute Gasteiger partial charge is 0.355 e. The number of halogens is 1. The number of anilines is 2. The zero-order valence-corrected chi connectivity index (χ0v) is 12.1. The second-order valence-corrected chi connectivity index (χ2v) is 5.82. The van der Waals surface area contributed by atoms with Crippen molar-refractivity contribution in [2.24, 2.45) is 0 Å². The molecule has 0 radical (unpaired) electrons. The van der Waals surface area contributed by atoms with Crippen LogP contribution in [-0.4, -0.2) is 38.6 Å². The van der Waals surface area contributed by atoms with E-state index in [1.54, 1.807) is 4.90 Å². The van der Waals surface area contributed by atoms with Gasteiger partial charge < -0.3 is 15.1 Å². The van der Waals surface area contributed by atoms with Crippen LogP contribution in [0.25, 0.3) is 0 Å². The third kappa shape index (κ3) is 1.65. The van der Waals surface area contributed by atoms with Gasteiger partial charge in [-0.2, -0.15) is 0 Å². The lowest BCUT2D eigenvalue weighted by atomic mass is 10.0. The Bertz CT molecular complexity index is 517. The molecule has 1 aromatic carbocycles. The van der Waals surface area contributed by atoms with E-state index in [9.17, 15) is 4.79 Å². The van der Waals surface area contributed by atoms with Gasteiger partial charge >= 0.3 is 0 Å². The molecule has 0 spiro atoms. The molecule has 3 rings (SSSR count). The first-order valence-corrected chi connectivity index (χ1v) is 6.94. The van der Waals surface area contributed by atoms with Crippen molar-refractivity contribution < 1.29 is 4.79 Å². The standard InChI is InChI=1S/C13H16BrN3O/c1-8-5-9(14)6-10-12(8)17-4-3-15-7-11(17)13(18)16(10)2/h5-6,11,15H,3-4,7H2,1-2H3. The average Bonchev–Trinajstić information content (AvgIpc) is 2.35. The molecule has 1 saturated heterocycles. The Morgan fingerprint density at radius 1 is 1.44 bits per heavy atom. The Kier molecular flexibility index (Phi) is 2.83. The van der Waals surface area contributed by atoms with Gasteiger partial charge in [-0.1, -0.05) is 15.9 Å². The van der Waals surface area contributed by atoms with Gasteiger partial charge in [0, 0.05) is 31.2 Å².